The SMILES string of the molecule is CC[C@H](C)C1C(=O)OC1C(=O)NC(C(=O)NC(C(=O)OCc1ccccc1)C(C)(C)C)C(C)C. The lowest BCUT2D eigenvalue weighted by Crippen LogP contribution is -2.62. The fraction of sp³-hybridized carbons (Fsp3) is 0.615. The van der Waals surface area contributed by atoms with Gasteiger partial charge in [0.05, 0.1) is 0 Å². The standard InChI is InChI=1S/C26H38N2O6/c1-8-16(4)18-20(34-24(18)31)23(30)27-19(15(2)3)22(29)28-21(26(5,6)7)25(32)33-14-17-12-10-9-11-13-17/h9-13,15-16,18-21H,8,14H2,1-7H3,(H,27,30)(H,28,29)/t16-,18?,19?,20?,21?/m0/s1. The Morgan fingerprint density at radius 2 is 1.68 bits per heavy atom. The number of hydrogen-bond acceptors (Lipinski definition) is 6. The third-order valence-electron chi connectivity index (χ3n) is 6.22. The van der Waals surface area contributed by atoms with Crippen LogP contribution in [0.1, 0.15) is 60.5 Å². The maximum atomic E-state index is 13.2. The summed E-state index contributed by atoms with van der Waals surface area (Å²) in [6.45, 7) is 13.0. The molecule has 0 radical (unpaired) electrons. The van der Waals surface area contributed by atoms with Crippen molar-refractivity contribution < 1.29 is 28.7 Å². The van der Waals surface area contributed by atoms with Crippen LogP contribution >= 0.6 is 0 Å². The van der Waals surface area contributed by atoms with Gasteiger partial charge in [-0.1, -0.05) is 85.2 Å². The van der Waals surface area contributed by atoms with Gasteiger partial charge in [-0.2, -0.15) is 0 Å². The first-order chi connectivity index (χ1) is 15.9. The van der Waals surface area contributed by atoms with Crippen molar-refractivity contribution in [2.24, 2.45) is 23.2 Å². The minimum absolute atomic E-state index is 0.00650. The summed E-state index contributed by atoms with van der Waals surface area (Å²) in [5.41, 5.74) is 0.216. The van der Waals surface area contributed by atoms with Gasteiger partial charge in [0, 0.05) is 0 Å². The number of esters is 2. The van der Waals surface area contributed by atoms with Crippen molar-refractivity contribution in [2.45, 2.75) is 79.7 Å². The summed E-state index contributed by atoms with van der Waals surface area (Å²) in [6.07, 6.45) is -0.179. The molecule has 1 fully saturated rings. The molecule has 1 aromatic carbocycles. The van der Waals surface area contributed by atoms with Crippen molar-refractivity contribution >= 4 is 23.8 Å². The lowest BCUT2D eigenvalue weighted by atomic mass is 9.82. The molecular weight excluding hydrogens is 436 g/mol. The number of cyclic esters (lactones) is 1. The Morgan fingerprint density at radius 1 is 1.06 bits per heavy atom. The molecule has 8 heteroatoms. The molecule has 0 aliphatic carbocycles. The van der Waals surface area contributed by atoms with E-state index in [1.165, 1.54) is 0 Å². The highest BCUT2D eigenvalue weighted by Crippen LogP contribution is 2.32. The molecule has 1 heterocycles. The molecule has 1 aliphatic heterocycles. The first-order valence-electron chi connectivity index (χ1n) is 11.9. The predicted molar refractivity (Wildman–Crippen MR) is 127 cm³/mol. The van der Waals surface area contributed by atoms with E-state index in [4.69, 9.17) is 9.47 Å². The van der Waals surface area contributed by atoms with Gasteiger partial charge in [-0.25, -0.2) is 4.79 Å². The summed E-state index contributed by atoms with van der Waals surface area (Å²) < 4.78 is 10.6. The van der Waals surface area contributed by atoms with Crippen LogP contribution in [0.15, 0.2) is 30.3 Å². The summed E-state index contributed by atoms with van der Waals surface area (Å²) >= 11 is 0. The monoisotopic (exact) mass is 474 g/mol. The molecule has 2 N–H and O–H groups in total. The number of carbonyl (C=O) groups is 4. The minimum Gasteiger partial charge on any atom is -0.459 e. The average molecular weight is 475 g/mol. The fourth-order valence-corrected chi connectivity index (χ4v) is 3.77. The van der Waals surface area contributed by atoms with E-state index in [2.05, 4.69) is 10.6 Å². The lowest BCUT2D eigenvalue weighted by molar-refractivity contribution is -0.193. The zero-order chi connectivity index (χ0) is 25.6. The molecule has 4 unspecified atom stereocenters. The van der Waals surface area contributed by atoms with Crippen LogP contribution in [0.2, 0.25) is 0 Å². The van der Waals surface area contributed by atoms with Gasteiger partial charge in [0.25, 0.3) is 5.91 Å². The minimum atomic E-state index is -0.920. The van der Waals surface area contributed by atoms with Crippen molar-refractivity contribution in [1.82, 2.24) is 10.6 Å². The fourth-order valence-electron chi connectivity index (χ4n) is 3.77. The van der Waals surface area contributed by atoms with Crippen molar-refractivity contribution in [3.8, 4) is 0 Å². The highest BCUT2D eigenvalue weighted by molar-refractivity contribution is 5.97. The van der Waals surface area contributed by atoms with E-state index < -0.39 is 53.3 Å². The molecule has 0 bridgehead atoms. The van der Waals surface area contributed by atoms with E-state index in [1.54, 1.807) is 13.8 Å². The maximum absolute atomic E-state index is 13.2. The van der Waals surface area contributed by atoms with Crippen LogP contribution in [-0.2, 0) is 35.3 Å². The molecule has 188 valence electrons. The van der Waals surface area contributed by atoms with Crippen LogP contribution in [0, 0.1) is 23.2 Å². The topological polar surface area (TPSA) is 111 Å². The van der Waals surface area contributed by atoms with E-state index in [-0.39, 0.29) is 18.4 Å². The second kappa shape index (κ2) is 11.5. The Balaban J connectivity index is 2.08. The summed E-state index contributed by atoms with van der Waals surface area (Å²) in [5.74, 6) is -2.73. The number of benzene rings is 1. The van der Waals surface area contributed by atoms with Crippen molar-refractivity contribution in [2.75, 3.05) is 0 Å². The largest absolute Gasteiger partial charge is 0.459 e. The molecule has 1 saturated heterocycles. The first kappa shape index (κ1) is 27.3. The van der Waals surface area contributed by atoms with Crippen LogP contribution in [0.25, 0.3) is 0 Å². The molecule has 1 aliphatic rings. The van der Waals surface area contributed by atoms with Crippen molar-refractivity contribution in [1.29, 1.82) is 0 Å². The van der Waals surface area contributed by atoms with Crippen LogP contribution in [0.5, 0.6) is 0 Å². The highest BCUT2D eigenvalue weighted by atomic mass is 16.6. The van der Waals surface area contributed by atoms with E-state index in [1.807, 2.05) is 65.0 Å². The second-order valence-electron chi connectivity index (χ2n) is 10.4. The quantitative estimate of drug-likeness (QED) is 0.505. The van der Waals surface area contributed by atoms with Gasteiger partial charge in [0.1, 0.15) is 24.6 Å². The highest BCUT2D eigenvalue weighted by Gasteiger charge is 2.50. The Kier molecular flexibility index (Phi) is 9.24. The lowest BCUT2D eigenvalue weighted by Gasteiger charge is -2.38. The Hall–Kier alpha value is -2.90. The van der Waals surface area contributed by atoms with Crippen molar-refractivity contribution in [3.05, 3.63) is 35.9 Å². The first-order valence-corrected chi connectivity index (χ1v) is 11.9. The van der Waals surface area contributed by atoms with Crippen molar-refractivity contribution in [3.63, 3.8) is 0 Å². The summed E-state index contributed by atoms with van der Waals surface area (Å²) in [5, 5.41) is 5.49. The molecule has 34 heavy (non-hydrogen) atoms. The van der Waals surface area contributed by atoms with Gasteiger partial charge in [0.2, 0.25) is 5.91 Å². The molecule has 2 amide bonds. The molecule has 0 saturated carbocycles. The maximum Gasteiger partial charge on any atom is 0.329 e. The van der Waals surface area contributed by atoms with Crippen LogP contribution in [0.4, 0.5) is 0 Å². The van der Waals surface area contributed by atoms with Crippen LogP contribution in [0.3, 0.4) is 0 Å². The van der Waals surface area contributed by atoms with Gasteiger partial charge in [-0.3, -0.25) is 14.4 Å². The summed E-state index contributed by atoms with van der Waals surface area (Å²) in [7, 11) is 0. The molecular formula is C26H38N2O6. The molecule has 0 spiro atoms. The second-order valence-corrected chi connectivity index (χ2v) is 10.4. The number of nitrogens with one attached hydrogen (secondary N) is 2. The Bertz CT molecular complexity index is 877. The van der Waals surface area contributed by atoms with E-state index >= 15 is 0 Å². The molecule has 2 rings (SSSR count). The third-order valence-corrected chi connectivity index (χ3v) is 6.22. The van der Waals surface area contributed by atoms with Gasteiger partial charge in [-0.15, -0.1) is 0 Å². The molecule has 1 aromatic rings. The normalized spacial score (nSPS) is 20.4. The van der Waals surface area contributed by atoms with E-state index in [9.17, 15) is 19.2 Å². The van der Waals surface area contributed by atoms with Gasteiger partial charge >= 0.3 is 11.9 Å². The molecule has 8 nitrogen and oxygen atoms in total. The number of rotatable bonds is 10. The average Bonchev–Trinajstić information content (AvgIpc) is 2.76. The predicted octanol–water partition coefficient (Wildman–Crippen LogP) is 2.99. The zero-order valence-electron chi connectivity index (χ0n) is 21.2. The third kappa shape index (κ3) is 6.81. The number of hydrogen-bond donors (Lipinski definition) is 2. The molecule has 0 aromatic heterocycles. The number of amides is 2. The Morgan fingerprint density at radius 3 is 2.18 bits per heavy atom. The molecule has 5 atom stereocenters. The van der Waals surface area contributed by atoms with Gasteiger partial charge < -0.3 is 20.1 Å². The number of ether oxygens (including phenoxy) is 2. The zero-order valence-corrected chi connectivity index (χ0v) is 21.2. The van der Waals surface area contributed by atoms with Crippen LogP contribution in [-0.4, -0.2) is 41.9 Å². The number of carbonyl (C=O) groups excluding carboxylic acids is 4. The van der Waals surface area contributed by atoms with E-state index in [0.29, 0.717) is 0 Å². The van der Waals surface area contributed by atoms with Gasteiger partial charge in [0.15, 0.2) is 6.10 Å². The Labute approximate surface area is 202 Å². The van der Waals surface area contributed by atoms with E-state index in [0.717, 1.165) is 12.0 Å². The van der Waals surface area contributed by atoms with Gasteiger partial charge in [-0.05, 0) is 22.8 Å². The van der Waals surface area contributed by atoms with Crippen LogP contribution < -0.4 is 10.6 Å². The smallest absolute Gasteiger partial charge is 0.329 e. The summed E-state index contributed by atoms with van der Waals surface area (Å²) in [6, 6.07) is 7.46. The summed E-state index contributed by atoms with van der Waals surface area (Å²) in [4.78, 5) is 50.8.